The molecule has 2 aromatic carbocycles. The van der Waals surface area contributed by atoms with Crippen LogP contribution in [0.2, 0.25) is 5.02 Å². The summed E-state index contributed by atoms with van der Waals surface area (Å²) in [6.07, 6.45) is 0. The normalized spacial score (nSPS) is 9.79. The summed E-state index contributed by atoms with van der Waals surface area (Å²) in [5.41, 5.74) is 0. The van der Waals surface area contributed by atoms with E-state index in [-0.39, 0.29) is 0 Å². The SMILES string of the molecule is Clc1cccc(Oc2c[c]ccc2)c1. The minimum atomic E-state index is 0.669. The first-order valence-electron chi connectivity index (χ1n) is 4.24. The summed E-state index contributed by atoms with van der Waals surface area (Å²) in [6, 6.07) is 17.6. The van der Waals surface area contributed by atoms with E-state index in [4.69, 9.17) is 16.3 Å². The molecule has 2 heteroatoms. The molecule has 0 amide bonds. The lowest BCUT2D eigenvalue weighted by Crippen LogP contribution is -1.82. The third kappa shape index (κ3) is 2.27. The number of halogens is 1. The summed E-state index contributed by atoms with van der Waals surface area (Å²) in [6.45, 7) is 0. The first kappa shape index (κ1) is 9.10. The minimum absolute atomic E-state index is 0.669. The van der Waals surface area contributed by atoms with Crippen LogP contribution in [0.1, 0.15) is 0 Å². The van der Waals surface area contributed by atoms with Crippen LogP contribution in [0.25, 0.3) is 0 Å². The van der Waals surface area contributed by atoms with Gasteiger partial charge >= 0.3 is 0 Å². The van der Waals surface area contributed by atoms with E-state index in [1.807, 2.05) is 36.4 Å². The molecule has 0 unspecified atom stereocenters. The highest BCUT2D eigenvalue weighted by atomic mass is 35.5. The fourth-order valence-electron chi connectivity index (χ4n) is 1.11. The van der Waals surface area contributed by atoms with Gasteiger partial charge in [-0.25, -0.2) is 0 Å². The molecule has 0 saturated carbocycles. The Kier molecular flexibility index (Phi) is 2.70. The monoisotopic (exact) mass is 203 g/mol. The Labute approximate surface area is 87.9 Å². The smallest absolute Gasteiger partial charge is 0.128 e. The molecular formula is C12H8ClO. The Bertz CT molecular complexity index is 412. The van der Waals surface area contributed by atoms with Gasteiger partial charge in [0.2, 0.25) is 0 Å². The lowest BCUT2D eigenvalue weighted by Gasteiger charge is -2.04. The fraction of sp³-hybridized carbons (Fsp3) is 0. The second-order valence-corrected chi connectivity index (χ2v) is 3.24. The van der Waals surface area contributed by atoms with Crippen molar-refractivity contribution in [1.82, 2.24) is 0 Å². The van der Waals surface area contributed by atoms with Crippen molar-refractivity contribution in [2.24, 2.45) is 0 Å². The van der Waals surface area contributed by atoms with E-state index in [0.717, 1.165) is 11.5 Å². The number of ether oxygens (including phenoxy) is 1. The molecule has 0 saturated heterocycles. The molecule has 0 aliphatic carbocycles. The van der Waals surface area contributed by atoms with Crippen molar-refractivity contribution in [3.05, 3.63) is 59.6 Å². The van der Waals surface area contributed by atoms with Gasteiger partial charge in [-0.15, -0.1) is 0 Å². The summed E-state index contributed by atoms with van der Waals surface area (Å²) < 4.78 is 5.54. The summed E-state index contributed by atoms with van der Waals surface area (Å²) in [5.74, 6) is 1.49. The van der Waals surface area contributed by atoms with E-state index < -0.39 is 0 Å². The van der Waals surface area contributed by atoms with Crippen molar-refractivity contribution < 1.29 is 4.74 Å². The van der Waals surface area contributed by atoms with Crippen LogP contribution in [0.15, 0.2) is 48.5 Å². The van der Waals surface area contributed by atoms with Gasteiger partial charge in [0, 0.05) is 5.02 Å². The zero-order valence-corrected chi connectivity index (χ0v) is 8.16. The third-order valence-corrected chi connectivity index (χ3v) is 1.95. The van der Waals surface area contributed by atoms with Crippen LogP contribution >= 0.6 is 11.6 Å². The molecule has 1 nitrogen and oxygen atoms in total. The molecule has 14 heavy (non-hydrogen) atoms. The average Bonchev–Trinajstić information content (AvgIpc) is 2.19. The highest BCUT2D eigenvalue weighted by molar-refractivity contribution is 6.30. The Morgan fingerprint density at radius 3 is 2.64 bits per heavy atom. The van der Waals surface area contributed by atoms with E-state index in [9.17, 15) is 0 Å². The topological polar surface area (TPSA) is 9.23 Å². The van der Waals surface area contributed by atoms with Gasteiger partial charge in [-0.05, 0) is 36.4 Å². The van der Waals surface area contributed by atoms with Gasteiger partial charge in [0.1, 0.15) is 11.5 Å². The van der Waals surface area contributed by atoms with Gasteiger partial charge in [0.05, 0.1) is 0 Å². The van der Waals surface area contributed by atoms with E-state index in [0.29, 0.717) is 5.02 Å². The van der Waals surface area contributed by atoms with Gasteiger partial charge < -0.3 is 4.74 Å². The Morgan fingerprint density at radius 2 is 1.93 bits per heavy atom. The van der Waals surface area contributed by atoms with Crippen LogP contribution in [0.3, 0.4) is 0 Å². The molecule has 69 valence electrons. The van der Waals surface area contributed by atoms with Crippen LogP contribution < -0.4 is 4.74 Å². The maximum absolute atomic E-state index is 5.82. The van der Waals surface area contributed by atoms with Crippen LogP contribution in [0, 0.1) is 6.07 Å². The van der Waals surface area contributed by atoms with Crippen LogP contribution in [0.5, 0.6) is 11.5 Å². The van der Waals surface area contributed by atoms with Crippen molar-refractivity contribution in [1.29, 1.82) is 0 Å². The van der Waals surface area contributed by atoms with E-state index in [1.54, 1.807) is 12.1 Å². The van der Waals surface area contributed by atoms with Crippen molar-refractivity contribution >= 4 is 11.6 Å². The predicted molar refractivity (Wildman–Crippen MR) is 56.8 cm³/mol. The first-order valence-corrected chi connectivity index (χ1v) is 4.62. The van der Waals surface area contributed by atoms with Gasteiger partial charge in [-0.2, -0.15) is 0 Å². The van der Waals surface area contributed by atoms with E-state index >= 15 is 0 Å². The second-order valence-electron chi connectivity index (χ2n) is 2.80. The molecule has 2 rings (SSSR count). The molecule has 0 bridgehead atoms. The fourth-order valence-corrected chi connectivity index (χ4v) is 1.29. The van der Waals surface area contributed by atoms with Crippen LogP contribution in [-0.4, -0.2) is 0 Å². The molecule has 2 aromatic rings. The van der Waals surface area contributed by atoms with Crippen molar-refractivity contribution in [2.45, 2.75) is 0 Å². The number of rotatable bonds is 2. The Balaban J connectivity index is 2.19. The summed E-state index contributed by atoms with van der Waals surface area (Å²) >= 11 is 5.82. The van der Waals surface area contributed by atoms with Gasteiger partial charge in [-0.1, -0.05) is 29.8 Å². The first-order chi connectivity index (χ1) is 6.84. The maximum Gasteiger partial charge on any atom is 0.128 e. The lowest BCUT2D eigenvalue weighted by molar-refractivity contribution is 0.482. The predicted octanol–water partition coefficient (Wildman–Crippen LogP) is 3.93. The maximum atomic E-state index is 5.82. The zero-order valence-electron chi connectivity index (χ0n) is 7.41. The number of hydrogen-bond acceptors (Lipinski definition) is 1. The third-order valence-electron chi connectivity index (χ3n) is 1.71. The highest BCUT2D eigenvalue weighted by Gasteiger charge is 1.96. The molecule has 0 aliphatic rings. The molecule has 0 atom stereocenters. The van der Waals surface area contributed by atoms with Crippen molar-refractivity contribution in [3.8, 4) is 11.5 Å². The Morgan fingerprint density at radius 1 is 1.07 bits per heavy atom. The standard InChI is InChI=1S/C12H8ClO/c13-10-5-4-8-12(9-10)14-11-6-2-1-3-7-11/h1-2,4-9H. The second kappa shape index (κ2) is 4.16. The van der Waals surface area contributed by atoms with Gasteiger partial charge in [0.25, 0.3) is 0 Å². The average molecular weight is 204 g/mol. The number of hydrogen-bond donors (Lipinski definition) is 0. The highest BCUT2D eigenvalue weighted by Crippen LogP contribution is 2.23. The molecule has 0 aromatic heterocycles. The zero-order chi connectivity index (χ0) is 9.80. The summed E-state index contributed by atoms with van der Waals surface area (Å²) in [5, 5.41) is 0.669. The molecule has 1 radical (unpaired) electrons. The molecular weight excluding hydrogens is 196 g/mol. The van der Waals surface area contributed by atoms with Crippen molar-refractivity contribution in [3.63, 3.8) is 0 Å². The van der Waals surface area contributed by atoms with Crippen LogP contribution in [-0.2, 0) is 0 Å². The van der Waals surface area contributed by atoms with Crippen LogP contribution in [0.4, 0.5) is 0 Å². The Hall–Kier alpha value is -1.47. The molecule has 0 fully saturated rings. The molecule has 0 N–H and O–H groups in total. The summed E-state index contributed by atoms with van der Waals surface area (Å²) in [4.78, 5) is 0. The van der Waals surface area contributed by atoms with Crippen molar-refractivity contribution in [2.75, 3.05) is 0 Å². The lowest BCUT2D eigenvalue weighted by atomic mass is 10.3. The quantitative estimate of drug-likeness (QED) is 0.719. The van der Waals surface area contributed by atoms with E-state index in [1.165, 1.54) is 0 Å². The molecule has 0 aliphatic heterocycles. The van der Waals surface area contributed by atoms with Gasteiger partial charge in [-0.3, -0.25) is 0 Å². The van der Waals surface area contributed by atoms with E-state index in [2.05, 4.69) is 6.07 Å². The molecule has 0 heterocycles. The largest absolute Gasteiger partial charge is 0.457 e. The van der Waals surface area contributed by atoms with Gasteiger partial charge in [0.15, 0.2) is 0 Å². The number of benzene rings is 2. The molecule has 0 spiro atoms. The minimum Gasteiger partial charge on any atom is -0.457 e. The summed E-state index contributed by atoms with van der Waals surface area (Å²) in [7, 11) is 0.